The maximum Gasteiger partial charge on any atom is 0.274 e. The van der Waals surface area contributed by atoms with Crippen LogP contribution in [0.5, 0.6) is 0 Å². The van der Waals surface area contributed by atoms with E-state index in [1.54, 1.807) is 31.3 Å². The highest BCUT2D eigenvalue weighted by molar-refractivity contribution is 9.10. The topological polar surface area (TPSA) is 113 Å². The number of nitrogens with zero attached hydrogens (tertiary/aromatic N) is 4. The van der Waals surface area contributed by atoms with Crippen LogP contribution >= 0.6 is 15.9 Å². The number of pyridine rings is 1. The molecule has 8 nitrogen and oxygen atoms in total. The molecule has 2 aromatic heterocycles. The standard InChI is InChI=1S/C19H14BrClN6O2/c1-10-6-11(9-22)7-12(18(28)23-2)16(10)25-19(29)14-8-15(20)26-27(14)17-13(21)4-3-5-24-17/h3-8,21H,1-2H3,(H-,23,25,28,29)/p+1. The maximum atomic E-state index is 13.1. The van der Waals surface area contributed by atoms with Crippen molar-refractivity contribution in [2.24, 2.45) is 0 Å². The van der Waals surface area contributed by atoms with E-state index in [4.69, 9.17) is 11.6 Å². The monoisotopic (exact) mass is 473 g/mol. The minimum atomic E-state index is -0.513. The number of rotatable bonds is 4. The van der Waals surface area contributed by atoms with Crippen LogP contribution in [0.3, 0.4) is 0 Å². The average Bonchev–Trinajstić information content (AvgIpc) is 3.10. The number of nitriles is 1. The highest BCUT2D eigenvalue weighted by atomic mass is 79.9. The number of nitrogens with one attached hydrogen (secondary N) is 2. The van der Waals surface area contributed by atoms with Crippen LogP contribution < -0.4 is 10.6 Å². The number of aromatic nitrogens is 3. The highest BCUT2D eigenvalue weighted by Crippen LogP contribution is 2.25. The molecule has 1 aromatic carbocycles. The lowest BCUT2D eigenvalue weighted by Gasteiger charge is -2.14. The summed E-state index contributed by atoms with van der Waals surface area (Å²) in [5.74, 6) is -0.601. The predicted octanol–water partition coefficient (Wildman–Crippen LogP) is 2.52. The molecule has 2 heterocycles. The summed E-state index contributed by atoms with van der Waals surface area (Å²) in [6, 6.07) is 9.93. The number of aryl methyl sites for hydroxylation is 1. The fourth-order valence-corrected chi connectivity index (χ4v) is 3.32. The Bertz CT molecular complexity index is 1170. The van der Waals surface area contributed by atoms with E-state index in [-0.39, 0.29) is 11.3 Å². The first-order valence-electron chi connectivity index (χ1n) is 8.31. The molecule has 2 N–H and O–H groups in total. The van der Waals surface area contributed by atoms with E-state index in [1.165, 1.54) is 23.9 Å². The molecule has 0 saturated carbocycles. The molecule has 146 valence electrons. The zero-order valence-corrected chi connectivity index (χ0v) is 17.8. The Labute approximate surface area is 179 Å². The smallest absolute Gasteiger partial charge is 0.274 e. The van der Waals surface area contributed by atoms with Crippen LogP contribution in [0.1, 0.15) is 32.0 Å². The van der Waals surface area contributed by atoms with Crippen LogP contribution in [0.15, 0.2) is 41.1 Å². The Morgan fingerprint density at radius 2 is 2.03 bits per heavy atom. The van der Waals surface area contributed by atoms with Crippen LogP contribution in [0.2, 0.25) is 5.02 Å². The van der Waals surface area contributed by atoms with Crippen molar-refractivity contribution >= 4 is 33.4 Å². The van der Waals surface area contributed by atoms with Gasteiger partial charge in [0.05, 0.1) is 22.9 Å². The van der Waals surface area contributed by atoms with E-state index in [2.05, 4.69) is 36.6 Å². The molecule has 0 radical (unpaired) electrons. The Hall–Kier alpha value is -3.22. The maximum absolute atomic E-state index is 13.1. The van der Waals surface area contributed by atoms with E-state index in [0.29, 0.717) is 32.3 Å². The van der Waals surface area contributed by atoms with Gasteiger partial charge < -0.3 is 10.6 Å². The molecular formula is C19H15BrClN6O2+. The van der Waals surface area contributed by atoms with Gasteiger partial charge in [-0.25, -0.2) is 9.67 Å². The molecular weight excluding hydrogens is 460 g/mol. The van der Waals surface area contributed by atoms with E-state index >= 15 is 0 Å². The van der Waals surface area contributed by atoms with Gasteiger partial charge in [-0.05, 0) is 46.6 Å². The number of amides is 2. The van der Waals surface area contributed by atoms with E-state index in [1.807, 2.05) is 6.07 Å². The Morgan fingerprint density at radius 3 is 2.69 bits per heavy atom. The normalized spacial score (nSPS) is 10.3. The van der Waals surface area contributed by atoms with Crippen LogP contribution in [0.25, 0.3) is 5.82 Å². The lowest BCUT2D eigenvalue weighted by Crippen LogP contribution is -2.24. The summed E-state index contributed by atoms with van der Waals surface area (Å²) in [5.41, 5.74) is 1.55. The molecule has 0 saturated heterocycles. The molecule has 0 bridgehead atoms. The van der Waals surface area contributed by atoms with E-state index in [0.717, 1.165) is 0 Å². The van der Waals surface area contributed by atoms with Crippen molar-refractivity contribution in [1.82, 2.24) is 20.1 Å². The summed E-state index contributed by atoms with van der Waals surface area (Å²) in [6.45, 7) is 1.70. The number of anilines is 1. The summed E-state index contributed by atoms with van der Waals surface area (Å²) in [6.07, 6.45) is 1.55. The highest BCUT2D eigenvalue weighted by Gasteiger charge is 2.23. The largest absolute Gasteiger partial charge is 0.355 e. The van der Waals surface area contributed by atoms with Gasteiger partial charge in [0.15, 0.2) is 11.6 Å². The Morgan fingerprint density at radius 1 is 1.28 bits per heavy atom. The second kappa shape index (κ2) is 8.43. The first-order chi connectivity index (χ1) is 13.8. The third-order valence-corrected chi connectivity index (χ3v) is 4.74. The van der Waals surface area contributed by atoms with Gasteiger partial charge in [-0.1, -0.05) is 0 Å². The molecule has 3 rings (SSSR count). The molecule has 3 aromatic rings. The van der Waals surface area contributed by atoms with Crippen molar-refractivity contribution < 1.29 is 21.2 Å². The quantitative estimate of drug-likeness (QED) is 0.603. The average molecular weight is 475 g/mol. The third kappa shape index (κ3) is 4.13. The summed E-state index contributed by atoms with van der Waals surface area (Å²) in [5, 5.41) is 19.1. The molecule has 0 aliphatic rings. The summed E-state index contributed by atoms with van der Waals surface area (Å²) in [4.78, 5) is 29.5. The lowest BCUT2D eigenvalue weighted by molar-refractivity contribution is -0.289. The number of benzene rings is 1. The summed E-state index contributed by atoms with van der Waals surface area (Å²) < 4.78 is 1.76. The summed E-state index contributed by atoms with van der Waals surface area (Å²) in [7, 11) is 1.47. The van der Waals surface area contributed by atoms with Crippen LogP contribution in [-0.4, -0.2) is 33.6 Å². The van der Waals surface area contributed by atoms with Crippen molar-refractivity contribution in [1.29, 1.82) is 5.26 Å². The SMILES string of the molecule is CNC(=O)c1cc(C#N)cc(C)c1NC(=O)c1cc(Br)nn1-c1ncccc1[ClH+]. The van der Waals surface area contributed by atoms with Gasteiger partial charge in [-0.3, -0.25) is 9.59 Å². The van der Waals surface area contributed by atoms with Gasteiger partial charge in [-0.2, -0.15) is 10.4 Å². The van der Waals surface area contributed by atoms with Crippen molar-refractivity contribution in [3.05, 3.63) is 68.5 Å². The first-order valence-corrected chi connectivity index (χ1v) is 9.52. The van der Waals surface area contributed by atoms with Gasteiger partial charge in [0.1, 0.15) is 10.3 Å². The fourth-order valence-electron chi connectivity index (χ4n) is 2.73. The van der Waals surface area contributed by atoms with Gasteiger partial charge in [0.25, 0.3) is 16.8 Å². The molecule has 0 aliphatic heterocycles. The number of carbonyl (C=O) groups excluding carboxylic acids is 2. The van der Waals surface area contributed by atoms with Gasteiger partial charge >= 0.3 is 0 Å². The zero-order valence-electron chi connectivity index (χ0n) is 15.4. The molecule has 29 heavy (non-hydrogen) atoms. The lowest BCUT2D eigenvalue weighted by atomic mass is 10.0. The summed E-state index contributed by atoms with van der Waals surface area (Å²) >= 11 is 8.55. The number of hydrogen-bond donors (Lipinski definition) is 2. The molecule has 0 aliphatic carbocycles. The van der Waals surface area contributed by atoms with Gasteiger partial charge in [-0.15, -0.1) is 0 Å². The van der Waals surface area contributed by atoms with Crippen molar-refractivity contribution in [3.8, 4) is 11.9 Å². The second-order valence-corrected chi connectivity index (χ2v) is 7.20. The number of hydrogen-bond acceptors (Lipinski definition) is 5. The van der Waals surface area contributed by atoms with Crippen molar-refractivity contribution in [3.63, 3.8) is 0 Å². The van der Waals surface area contributed by atoms with Crippen LogP contribution in [0, 0.1) is 29.9 Å². The van der Waals surface area contributed by atoms with E-state index < -0.39 is 11.8 Å². The van der Waals surface area contributed by atoms with Crippen molar-refractivity contribution in [2.45, 2.75) is 6.92 Å². The van der Waals surface area contributed by atoms with Gasteiger partial charge in [0.2, 0.25) is 5.82 Å². The predicted molar refractivity (Wildman–Crippen MR) is 107 cm³/mol. The Balaban J connectivity index is 2.06. The molecule has 0 spiro atoms. The molecule has 0 fully saturated rings. The first kappa shape index (κ1) is 20.5. The minimum absolute atomic E-state index is 0.174. The third-order valence-electron chi connectivity index (χ3n) is 4.04. The second-order valence-electron chi connectivity index (χ2n) is 5.95. The van der Waals surface area contributed by atoms with Gasteiger partial charge in [0, 0.05) is 25.4 Å². The minimum Gasteiger partial charge on any atom is -0.355 e. The van der Waals surface area contributed by atoms with Crippen LogP contribution in [0.4, 0.5) is 5.69 Å². The molecule has 2 amide bonds. The van der Waals surface area contributed by atoms with E-state index in [9.17, 15) is 14.9 Å². The number of halogens is 2. The molecule has 0 unspecified atom stereocenters. The zero-order chi connectivity index (χ0) is 21.1. The fraction of sp³-hybridized carbons (Fsp3) is 0.105. The number of carbonyl (C=O) groups is 2. The molecule has 10 heteroatoms. The Kier molecular flexibility index (Phi) is 5.96. The molecule has 0 atom stereocenters. The van der Waals surface area contributed by atoms with Crippen molar-refractivity contribution in [2.75, 3.05) is 12.4 Å². The van der Waals surface area contributed by atoms with Crippen LogP contribution in [-0.2, 0) is 0 Å².